The van der Waals surface area contributed by atoms with Gasteiger partial charge in [0.1, 0.15) is 11.5 Å². The molecular formula is C20H23N7O2. The molecule has 9 heteroatoms. The van der Waals surface area contributed by atoms with Gasteiger partial charge in [-0.3, -0.25) is 9.48 Å². The third kappa shape index (κ3) is 3.89. The number of carbonyl (C=O) groups is 1. The first-order valence-electron chi connectivity index (χ1n) is 9.59. The summed E-state index contributed by atoms with van der Waals surface area (Å²) in [5.41, 5.74) is 3.63. The number of nitrogens with zero attached hydrogens (tertiary/aromatic N) is 6. The molecule has 1 N–H and O–H groups in total. The van der Waals surface area contributed by atoms with Crippen LogP contribution in [-0.2, 0) is 31.4 Å². The van der Waals surface area contributed by atoms with E-state index in [4.69, 9.17) is 4.42 Å². The molecule has 3 aromatic heterocycles. The number of nitrogens with one attached hydrogen (secondary N) is 1. The molecule has 0 unspecified atom stereocenters. The van der Waals surface area contributed by atoms with Crippen molar-refractivity contribution in [2.45, 2.75) is 39.8 Å². The van der Waals surface area contributed by atoms with Crippen LogP contribution in [0.3, 0.4) is 0 Å². The van der Waals surface area contributed by atoms with Crippen molar-refractivity contribution in [3.05, 3.63) is 47.7 Å². The minimum absolute atomic E-state index is 0.0872. The zero-order chi connectivity index (χ0) is 20.4. The van der Waals surface area contributed by atoms with E-state index in [2.05, 4.69) is 37.1 Å². The summed E-state index contributed by atoms with van der Waals surface area (Å²) >= 11 is 0. The number of hydrogen-bond donors (Lipinski definition) is 1. The van der Waals surface area contributed by atoms with E-state index in [1.54, 1.807) is 4.68 Å². The Balaban J connectivity index is 1.35. The molecule has 150 valence electrons. The lowest BCUT2D eigenvalue weighted by atomic mass is 10.3. The molecule has 4 aromatic rings. The van der Waals surface area contributed by atoms with Crippen LogP contribution in [0.1, 0.15) is 30.8 Å². The van der Waals surface area contributed by atoms with E-state index in [9.17, 15) is 4.79 Å². The molecular weight excluding hydrogens is 370 g/mol. The summed E-state index contributed by atoms with van der Waals surface area (Å²) in [6, 6.07) is 9.84. The number of aromatic nitrogens is 6. The zero-order valence-corrected chi connectivity index (χ0v) is 16.7. The van der Waals surface area contributed by atoms with Crippen LogP contribution in [0.4, 0.5) is 0 Å². The van der Waals surface area contributed by atoms with Gasteiger partial charge in [0.2, 0.25) is 11.8 Å². The SMILES string of the molecule is CCn1c(CNC(=O)CCc2nnc(-c3cc(C)nn3C)o2)nc2ccccc21. The largest absolute Gasteiger partial charge is 0.419 e. The lowest BCUT2D eigenvalue weighted by Gasteiger charge is -2.07. The van der Waals surface area contributed by atoms with Crippen molar-refractivity contribution in [3.8, 4) is 11.6 Å². The van der Waals surface area contributed by atoms with Crippen LogP contribution in [0.2, 0.25) is 0 Å². The normalized spacial score (nSPS) is 11.3. The first-order valence-corrected chi connectivity index (χ1v) is 9.59. The van der Waals surface area contributed by atoms with Crippen LogP contribution >= 0.6 is 0 Å². The third-order valence-corrected chi connectivity index (χ3v) is 4.75. The summed E-state index contributed by atoms with van der Waals surface area (Å²) in [5, 5.41) is 15.3. The van der Waals surface area contributed by atoms with Crippen LogP contribution in [-0.4, -0.2) is 35.4 Å². The van der Waals surface area contributed by atoms with Crippen LogP contribution in [0, 0.1) is 6.92 Å². The lowest BCUT2D eigenvalue weighted by Crippen LogP contribution is -2.25. The van der Waals surface area contributed by atoms with Crippen LogP contribution in [0.15, 0.2) is 34.7 Å². The zero-order valence-electron chi connectivity index (χ0n) is 16.7. The molecule has 0 aliphatic heterocycles. The summed E-state index contributed by atoms with van der Waals surface area (Å²) in [7, 11) is 1.82. The van der Waals surface area contributed by atoms with Gasteiger partial charge in [0.15, 0.2) is 0 Å². The first kappa shape index (κ1) is 18.9. The predicted octanol–water partition coefficient (Wildman–Crippen LogP) is 2.40. The maximum Gasteiger partial charge on any atom is 0.265 e. The van der Waals surface area contributed by atoms with E-state index < -0.39 is 0 Å². The highest BCUT2D eigenvalue weighted by Crippen LogP contribution is 2.19. The number of amides is 1. The Bertz CT molecular complexity index is 1150. The summed E-state index contributed by atoms with van der Waals surface area (Å²) in [6.45, 7) is 5.14. The molecule has 0 atom stereocenters. The molecule has 0 saturated carbocycles. The first-order chi connectivity index (χ1) is 14.0. The molecule has 4 rings (SSSR count). The Kier molecular flexibility index (Phi) is 5.11. The number of benzene rings is 1. The molecule has 1 aromatic carbocycles. The fourth-order valence-electron chi connectivity index (χ4n) is 3.37. The van der Waals surface area contributed by atoms with Gasteiger partial charge in [0.05, 0.1) is 23.3 Å². The van der Waals surface area contributed by atoms with Gasteiger partial charge in [-0.25, -0.2) is 4.98 Å². The van der Waals surface area contributed by atoms with Gasteiger partial charge in [-0.2, -0.15) is 5.10 Å². The second-order valence-electron chi connectivity index (χ2n) is 6.83. The van der Waals surface area contributed by atoms with Crippen molar-refractivity contribution < 1.29 is 9.21 Å². The minimum atomic E-state index is -0.0872. The number of rotatable bonds is 7. The van der Waals surface area contributed by atoms with E-state index >= 15 is 0 Å². The molecule has 9 nitrogen and oxygen atoms in total. The Morgan fingerprint density at radius 3 is 2.83 bits per heavy atom. The summed E-state index contributed by atoms with van der Waals surface area (Å²) < 4.78 is 9.47. The van der Waals surface area contributed by atoms with Crippen LogP contribution < -0.4 is 5.32 Å². The van der Waals surface area contributed by atoms with Crippen molar-refractivity contribution >= 4 is 16.9 Å². The van der Waals surface area contributed by atoms with Gasteiger partial charge in [0.25, 0.3) is 5.89 Å². The van der Waals surface area contributed by atoms with Gasteiger partial charge in [-0.15, -0.1) is 10.2 Å². The minimum Gasteiger partial charge on any atom is -0.419 e. The number of aryl methyl sites for hydroxylation is 4. The lowest BCUT2D eigenvalue weighted by molar-refractivity contribution is -0.121. The molecule has 0 fully saturated rings. The molecule has 0 spiro atoms. The Morgan fingerprint density at radius 1 is 1.24 bits per heavy atom. The summed E-state index contributed by atoms with van der Waals surface area (Å²) in [6.07, 6.45) is 0.637. The molecule has 29 heavy (non-hydrogen) atoms. The predicted molar refractivity (Wildman–Crippen MR) is 107 cm³/mol. The van der Waals surface area contributed by atoms with E-state index in [-0.39, 0.29) is 12.3 Å². The van der Waals surface area contributed by atoms with Crippen molar-refractivity contribution in [1.29, 1.82) is 0 Å². The van der Waals surface area contributed by atoms with Crippen LogP contribution in [0.5, 0.6) is 0 Å². The molecule has 1 amide bonds. The molecule has 0 saturated heterocycles. The topological polar surface area (TPSA) is 104 Å². The number of fused-ring (bicyclic) bond motifs is 1. The van der Waals surface area contributed by atoms with Gasteiger partial charge >= 0.3 is 0 Å². The van der Waals surface area contributed by atoms with E-state index in [0.29, 0.717) is 24.7 Å². The molecule has 0 aliphatic carbocycles. The molecule has 0 radical (unpaired) electrons. The highest BCUT2D eigenvalue weighted by Gasteiger charge is 2.15. The summed E-state index contributed by atoms with van der Waals surface area (Å²) in [5.74, 6) is 1.58. The number of para-hydroxylation sites is 2. The standard InChI is InChI=1S/C20H23N7O2/c1-4-27-15-8-6-5-7-14(15)22-17(27)12-21-18(28)9-10-19-23-24-20(29-19)16-11-13(2)25-26(16)3/h5-8,11H,4,9-10,12H2,1-3H3,(H,21,28). The maximum absolute atomic E-state index is 12.3. The number of hydrogen-bond acceptors (Lipinski definition) is 6. The van der Waals surface area contributed by atoms with Crippen molar-refractivity contribution in [2.24, 2.45) is 7.05 Å². The Labute approximate surface area is 167 Å². The maximum atomic E-state index is 12.3. The third-order valence-electron chi connectivity index (χ3n) is 4.75. The Morgan fingerprint density at radius 2 is 2.07 bits per heavy atom. The quantitative estimate of drug-likeness (QED) is 0.517. The van der Waals surface area contributed by atoms with E-state index in [1.165, 1.54) is 0 Å². The van der Waals surface area contributed by atoms with Gasteiger partial charge in [-0.05, 0) is 32.0 Å². The van der Waals surface area contributed by atoms with E-state index in [0.717, 1.165) is 34.8 Å². The van der Waals surface area contributed by atoms with E-state index in [1.807, 2.05) is 44.3 Å². The highest BCUT2D eigenvalue weighted by molar-refractivity contribution is 5.77. The van der Waals surface area contributed by atoms with Crippen molar-refractivity contribution in [2.75, 3.05) is 0 Å². The molecule has 3 heterocycles. The smallest absolute Gasteiger partial charge is 0.265 e. The van der Waals surface area contributed by atoms with Gasteiger partial charge < -0.3 is 14.3 Å². The van der Waals surface area contributed by atoms with Crippen LogP contribution in [0.25, 0.3) is 22.6 Å². The number of imidazole rings is 1. The second-order valence-corrected chi connectivity index (χ2v) is 6.83. The highest BCUT2D eigenvalue weighted by atomic mass is 16.4. The molecule has 0 bridgehead atoms. The average Bonchev–Trinajstić information content (AvgIpc) is 3.40. The fourth-order valence-corrected chi connectivity index (χ4v) is 3.37. The molecule has 0 aliphatic rings. The average molecular weight is 393 g/mol. The van der Waals surface area contributed by atoms with Crippen molar-refractivity contribution in [3.63, 3.8) is 0 Å². The van der Waals surface area contributed by atoms with Crippen molar-refractivity contribution in [1.82, 2.24) is 34.8 Å². The monoisotopic (exact) mass is 393 g/mol. The second kappa shape index (κ2) is 7.86. The summed E-state index contributed by atoms with van der Waals surface area (Å²) in [4.78, 5) is 16.9. The Hall–Kier alpha value is -3.49. The van der Waals surface area contributed by atoms with Gasteiger partial charge in [0, 0.05) is 26.4 Å². The number of carbonyl (C=O) groups excluding carboxylic acids is 1. The van der Waals surface area contributed by atoms with Gasteiger partial charge in [-0.1, -0.05) is 12.1 Å². The fraction of sp³-hybridized carbons (Fsp3) is 0.350.